The molecule has 0 spiro atoms. The normalized spacial score (nSPS) is 34.7. The molecule has 1 saturated heterocycles. The van der Waals surface area contributed by atoms with Gasteiger partial charge in [0.05, 0.1) is 18.9 Å². The van der Waals surface area contributed by atoms with Crippen LogP contribution >= 0.6 is 0 Å². The van der Waals surface area contributed by atoms with Crippen LogP contribution in [-0.2, 0) is 9.47 Å². The Balaban J connectivity index is 0.00000106. The Morgan fingerprint density at radius 3 is 2.52 bits per heavy atom. The number of methoxy groups -OCH3 is 1. The standard InChI is InChI=1S/C15H28FNO2.C2H6/c1-11(18-2)13-4-3-5-14(8-13)19-15-7-6-12(9-16)10-17-15;1-2/h11-15,17H,3-10H2,1-2H3;1-2H3. The van der Waals surface area contributed by atoms with Crippen molar-refractivity contribution in [3.05, 3.63) is 0 Å². The number of halogens is 1. The van der Waals surface area contributed by atoms with Crippen LogP contribution < -0.4 is 5.32 Å². The zero-order chi connectivity index (χ0) is 15.7. The summed E-state index contributed by atoms with van der Waals surface area (Å²) in [7, 11) is 1.79. The molecule has 0 aromatic heterocycles. The third-order valence-electron chi connectivity index (χ3n) is 4.75. The summed E-state index contributed by atoms with van der Waals surface area (Å²) >= 11 is 0. The maximum absolute atomic E-state index is 12.5. The highest BCUT2D eigenvalue weighted by atomic mass is 19.1. The molecule has 1 heterocycles. The highest BCUT2D eigenvalue weighted by Gasteiger charge is 2.29. The molecule has 4 heteroatoms. The number of rotatable bonds is 5. The molecular formula is C17H34FNO2. The first kappa shape index (κ1) is 18.9. The van der Waals surface area contributed by atoms with Gasteiger partial charge in [0.15, 0.2) is 0 Å². The van der Waals surface area contributed by atoms with Crippen LogP contribution in [0.15, 0.2) is 0 Å². The number of ether oxygens (including phenoxy) is 2. The van der Waals surface area contributed by atoms with Crippen LogP contribution in [0.5, 0.6) is 0 Å². The fourth-order valence-corrected chi connectivity index (χ4v) is 3.29. The van der Waals surface area contributed by atoms with Gasteiger partial charge in [-0.25, -0.2) is 0 Å². The fourth-order valence-electron chi connectivity index (χ4n) is 3.29. The van der Waals surface area contributed by atoms with Crippen molar-refractivity contribution in [1.29, 1.82) is 0 Å². The molecule has 1 aliphatic heterocycles. The van der Waals surface area contributed by atoms with Crippen LogP contribution in [0.4, 0.5) is 4.39 Å². The van der Waals surface area contributed by atoms with E-state index in [0.29, 0.717) is 18.1 Å². The summed E-state index contributed by atoms with van der Waals surface area (Å²) in [5.41, 5.74) is 0. The van der Waals surface area contributed by atoms with Gasteiger partial charge in [0.1, 0.15) is 6.23 Å². The van der Waals surface area contributed by atoms with Gasteiger partial charge in [0.2, 0.25) is 0 Å². The van der Waals surface area contributed by atoms with Crippen molar-refractivity contribution in [2.24, 2.45) is 11.8 Å². The third-order valence-corrected chi connectivity index (χ3v) is 4.75. The molecule has 0 aromatic carbocycles. The number of alkyl halides is 1. The van der Waals surface area contributed by atoms with E-state index in [0.717, 1.165) is 32.2 Å². The van der Waals surface area contributed by atoms with Crippen molar-refractivity contribution in [1.82, 2.24) is 5.32 Å². The summed E-state index contributed by atoms with van der Waals surface area (Å²) in [6, 6.07) is 0. The average molecular weight is 303 g/mol. The monoisotopic (exact) mass is 303 g/mol. The Morgan fingerprint density at radius 1 is 1.19 bits per heavy atom. The first-order valence-electron chi connectivity index (χ1n) is 8.70. The minimum Gasteiger partial charge on any atom is -0.381 e. The SMILES string of the molecule is CC.COC(C)C1CCCC(OC2CCC(CF)CN2)C1. The lowest BCUT2D eigenvalue weighted by atomic mass is 9.84. The number of nitrogens with one attached hydrogen (secondary N) is 1. The largest absolute Gasteiger partial charge is 0.381 e. The van der Waals surface area contributed by atoms with Gasteiger partial charge in [-0.2, -0.15) is 0 Å². The topological polar surface area (TPSA) is 30.5 Å². The Hall–Kier alpha value is -0.190. The van der Waals surface area contributed by atoms with E-state index >= 15 is 0 Å². The Kier molecular flexibility index (Phi) is 9.45. The van der Waals surface area contributed by atoms with Crippen LogP contribution in [0.25, 0.3) is 0 Å². The molecule has 0 radical (unpaired) electrons. The van der Waals surface area contributed by atoms with Gasteiger partial charge < -0.3 is 9.47 Å². The molecule has 1 saturated carbocycles. The zero-order valence-electron chi connectivity index (χ0n) is 14.2. The third kappa shape index (κ3) is 6.21. The number of hydrogen-bond donors (Lipinski definition) is 1. The van der Waals surface area contributed by atoms with Gasteiger partial charge >= 0.3 is 0 Å². The van der Waals surface area contributed by atoms with Gasteiger partial charge in [-0.3, -0.25) is 9.71 Å². The highest BCUT2D eigenvalue weighted by Crippen LogP contribution is 2.31. The molecule has 2 aliphatic rings. The molecule has 5 unspecified atom stereocenters. The van der Waals surface area contributed by atoms with Crippen molar-refractivity contribution in [3.63, 3.8) is 0 Å². The molecular weight excluding hydrogens is 269 g/mol. The lowest BCUT2D eigenvalue weighted by Crippen LogP contribution is -2.44. The van der Waals surface area contributed by atoms with E-state index in [1.54, 1.807) is 7.11 Å². The summed E-state index contributed by atoms with van der Waals surface area (Å²) < 4.78 is 24.2. The van der Waals surface area contributed by atoms with Gasteiger partial charge in [-0.1, -0.05) is 20.3 Å². The van der Waals surface area contributed by atoms with Crippen LogP contribution in [0, 0.1) is 11.8 Å². The highest BCUT2D eigenvalue weighted by molar-refractivity contribution is 4.79. The molecule has 1 aliphatic carbocycles. The summed E-state index contributed by atoms with van der Waals surface area (Å²) in [6.07, 6.45) is 7.40. The second-order valence-electron chi connectivity index (χ2n) is 6.12. The molecule has 2 rings (SSSR count). The molecule has 0 bridgehead atoms. The van der Waals surface area contributed by atoms with E-state index in [1.807, 2.05) is 13.8 Å². The van der Waals surface area contributed by atoms with E-state index in [9.17, 15) is 4.39 Å². The molecule has 3 nitrogen and oxygen atoms in total. The molecule has 1 N–H and O–H groups in total. The minimum atomic E-state index is -0.212. The first-order valence-corrected chi connectivity index (χ1v) is 8.70. The molecule has 2 fully saturated rings. The molecule has 0 amide bonds. The lowest BCUT2D eigenvalue weighted by Gasteiger charge is -2.36. The van der Waals surface area contributed by atoms with Crippen molar-refractivity contribution >= 4 is 0 Å². The maximum atomic E-state index is 12.5. The maximum Gasteiger partial charge on any atom is 0.108 e. The lowest BCUT2D eigenvalue weighted by molar-refractivity contribution is -0.0835. The van der Waals surface area contributed by atoms with Crippen molar-refractivity contribution in [2.45, 2.75) is 77.7 Å². The van der Waals surface area contributed by atoms with Crippen LogP contribution in [-0.4, -0.2) is 38.8 Å². The van der Waals surface area contributed by atoms with Crippen LogP contribution in [0.3, 0.4) is 0 Å². The predicted octanol–water partition coefficient (Wildman–Crippen LogP) is 3.92. The Morgan fingerprint density at radius 2 is 1.95 bits per heavy atom. The fraction of sp³-hybridized carbons (Fsp3) is 1.00. The molecule has 21 heavy (non-hydrogen) atoms. The summed E-state index contributed by atoms with van der Waals surface area (Å²) in [4.78, 5) is 0. The smallest absolute Gasteiger partial charge is 0.108 e. The average Bonchev–Trinajstić information content (AvgIpc) is 2.57. The molecule has 5 atom stereocenters. The molecule has 0 aromatic rings. The Labute approximate surface area is 130 Å². The zero-order valence-corrected chi connectivity index (χ0v) is 14.2. The van der Waals surface area contributed by atoms with Crippen LogP contribution in [0.1, 0.15) is 59.3 Å². The van der Waals surface area contributed by atoms with E-state index < -0.39 is 0 Å². The van der Waals surface area contributed by atoms with E-state index in [2.05, 4.69) is 12.2 Å². The molecule has 126 valence electrons. The summed E-state index contributed by atoms with van der Waals surface area (Å²) in [5, 5.41) is 3.33. The van der Waals surface area contributed by atoms with Gasteiger partial charge in [-0.05, 0) is 50.9 Å². The van der Waals surface area contributed by atoms with Crippen molar-refractivity contribution < 1.29 is 13.9 Å². The van der Waals surface area contributed by atoms with Gasteiger partial charge in [0.25, 0.3) is 0 Å². The predicted molar refractivity (Wildman–Crippen MR) is 85.1 cm³/mol. The number of piperidine rings is 1. The minimum absolute atomic E-state index is 0.129. The van der Waals surface area contributed by atoms with Gasteiger partial charge in [-0.15, -0.1) is 0 Å². The van der Waals surface area contributed by atoms with E-state index in [-0.39, 0.29) is 18.8 Å². The van der Waals surface area contributed by atoms with Crippen molar-refractivity contribution in [2.75, 3.05) is 20.3 Å². The number of hydrogen-bond acceptors (Lipinski definition) is 3. The second-order valence-corrected chi connectivity index (χ2v) is 6.12. The quantitative estimate of drug-likeness (QED) is 0.835. The van der Waals surface area contributed by atoms with Crippen LogP contribution in [0.2, 0.25) is 0 Å². The van der Waals surface area contributed by atoms with Crippen molar-refractivity contribution in [3.8, 4) is 0 Å². The summed E-state index contributed by atoms with van der Waals surface area (Å²) in [6.45, 7) is 6.69. The van der Waals surface area contributed by atoms with E-state index in [1.165, 1.54) is 12.8 Å². The first-order chi connectivity index (χ1) is 10.2. The second kappa shape index (κ2) is 10.5. The van der Waals surface area contributed by atoms with E-state index in [4.69, 9.17) is 9.47 Å². The van der Waals surface area contributed by atoms with Gasteiger partial charge in [0, 0.05) is 13.7 Å². The Bertz CT molecular complexity index is 257. The summed E-state index contributed by atoms with van der Waals surface area (Å²) in [5.74, 6) is 0.804.